The first-order valence-corrected chi connectivity index (χ1v) is 10.5. The van der Waals surface area contributed by atoms with E-state index in [4.69, 9.17) is 9.47 Å². The zero-order valence-corrected chi connectivity index (χ0v) is 17.7. The lowest BCUT2D eigenvalue weighted by atomic mass is 9.60. The summed E-state index contributed by atoms with van der Waals surface area (Å²) in [6, 6.07) is 0. The lowest BCUT2D eigenvalue weighted by Gasteiger charge is -2.46. The lowest BCUT2D eigenvalue weighted by Crippen LogP contribution is -2.57. The third-order valence-electron chi connectivity index (χ3n) is 7.52. The zero-order valence-electron chi connectivity index (χ0n) is 17.7. The highest BCUT2D eigenvalue weighted by molar-refractivity contribution is 5.66. The maximum absolute atomic E-state index is 11.9. The number of carbonyl (C=O) groups excluding carboxylic acids is 1. The summed E-state index contributed by atoms with van der Waals surface area (Å²) in [7, 11) is 0. The highest BCUT2D eigenvalue weighted by Crippen LogP contribution is 2.55. The summed E-state index contributed by atoms with van der Waals surface area (Å²) in [5, 5.41) is 32.6. The quantitative estimate of drug-likeness (QED) is 0.489. The maximum Gasteiger partial charge on any atom is 0.303 e. The molecule has 0 unspecified atom stereocenters. The van der Waals surface area contributed by atoms with E-state index in [0.29, 0.717) is 18.3 Å². The van der Waals surface area contributed by atoms with Crippen LogP contribution in [-0.4, -0.2) is 56.9 Å². The van der Waals surface area contributed by atoms with Crippen LogP contribution >= 0.6 is 0 Å². The molecule has 3 rings (SSSR count). The summed E-state index contributed by atoms with van der Waals surface area (Å²) in [5.74, 6) is 0.229. The van der Waals surface area contributed by atoms with E-state index >= 15 is 0 Å². The molecule has 6 nitrogen and oxygen atoms in total. The van der Waals surface area contributed by atoms with Crippen molar-refractivity contribution in [1.82, 2.24) is 0 Å². The summed E-state index contributed by atoms with van der Waals surface area (Å²) < 4.78 is 12.2. The fourth-order valence-electron chi connectivity index (χ4n) is 5.88. The molecule has 1 aliphatic carbocycles. The van der Waals surface area contributed by atoms with Crippen LogP contribution in [-0.2, 0) is 14.3 Å². The van der Waals surface area contributed by atoms with Crippen LogP contribution in [0.3, 0.4) is 0 Å². The van der Waals surface area contributed by atoms with Gasteiger partial charge in [0.05, 0.1) is 12.2 Å². The molecule has 0 aromatic rings. The Morgan fingerprint density at radius 3 is 2.50 bits per heavy atom. The lowest BCUT2D eigenvalue weighted by molar-refractivity contribution is -0.189. The molecule has 3 N–H and O–H groups in total. The standard InChI is InChI=1S/C22H36O6/c1-11(2)14-8-7-12(3)16-17(14)20-21(5,28-13(4)23)10-9-15(24)22(6,26)19(25)18(16)27-20/h11,14-20,24-26H,3,7-10H2,1-2,4-6H3/t14-,15+,16+,17-,18+,19+,20-,21-,22-/m1/s1. The van der Waals surface area contributed by atoms with Crippen molar-refractivity contribution in [3.63, 3.8) is 0 Å². The Kier molecular flexibility index (Phi) is 5.74. The van der Waals surface area contributed by atoms with Gasteiger partial charge in [0.2, 0.25) is 0 Å². The molecule has 28 heavy (non-hydrogen) atoms. The molecule has 0 amide bonds. The van der Waals surface area contributed by atoms with Crippen molar-refractivity contribution in [3.05, 3.63) is 12.2 Å². The number of hydrogen-bond acceptors (Lipinski definition) is 6. The second-order valence-electron chi connectivity index (χ2n) is 9.86. The second kappa shape index (κ2) is 7.38. The van der Waals surface area contributed by atoms with Gasteiger partial charge in [0, 0.05) is 18.8 Å². The number of esters is 1. The number of rotatable bonds is 2. The third kappa shape index (κ3) is 3.42. The van der Waals surface area contributed by atoms with Gasteiger partial charge in [-0.1, -0.05) is 26.0 Å². The first-order valence-electron chi connectivity index (χ1n) is 10.5. The van der Waals surface area contributed by atoms with E-state index in [0.717, 1.165) is 18.4 Å². The average molecular weight is 397 g/mol. The Morgan fingerprint density at radius 1 is 1.29 bits per heavy atom. The van der Waals surface area contributed by atoms with E-state index in [1.54, 1.807) is 0 Å². The van der Waals surface area contributed by atoms with Crippen molar-refractivity contribution < 1.29 is 29.6 Å². The van der Waals surface area contributed by atoms with Gasteiger partial charge in [-0.15, -0.1) is 0 Å². The van der Waals surface area contributed by atoms with Gasteiger partial charge in [-0.2, -0.15) is 0 Å². The van der Waals surface area contributed by atoms with E-state index in [2.05, 4.69) is 20.4 Å². The van der Waals surface area contributed by atoms with Gasteiger partial charge in [0.15, 0.2) is 0 Å². The molecule has 2 saturated heterocycles. The van der Waals surface area contributed by atoms with Crippen LogP contribution in [0.1, 0.15) is 60.3 Å². The first-order chi connectivity index (χ1) is 12.9. The molecular weight excluding hydrogens is 360 g/mol. The van der Waals surface area contributed by atoms with E-state index < -0.39 is 41.6 Å². The van der Waals surface area contributed by atoms with E-state index in [9.17, 15) is 20.1 Å². The molecule has 2 aliphatic heterocycles. The average Bonchev–Trinajstić information content (AvgIpc) is 3.00. The summed E-state index contributed by atoms with van der Waals surface area (Å²) in [4.78, 5) is 11.9. The van der Waals surface area contributed by atoms with Gasteiger partial charge in [-0.3, -0.25) is 4.79 Å². The van der Waals surface area contributed by atoms with Crippen LogP contribution < -0.4 is 0 Å². The van der Waals surface area contributed by atoms with Gasteiger partial charge in [0.25, 0.3) is 0 Å². The maximum atomic E-state index is 11.9. The molecule has 3 aliphatic rings. The Bertz CT molecular complexity index is 629. The van der Waals surface area contributed by atoms with Gasteiger partial charge < -0.3 is 24.8 Å². The number of aliphatic hydroxyl groups is 3. The van der Waals surface area contributed by atoms with Crippen LogP contribution in [0.15, 0.2) is 12.2 Å². The molecule has 0 aromatic heterocycles. The molecule has 3 fully saturated rings. The van der Waals surface area contributed by atoms with Crippen LogP contribution in [0.5, 0.6) is 0 Å². The van der Waals surface area contributed by atoms with Crippen LogP contribution in [0.2, 0.25) is 0 Å². The monoisotopic (exact) mass is 396 g/mol. The third-order valence-corrected chi connectivity index (χ3v) is 7.52. The number of hydrogen-bond donors (Lipinski definition) is 3. The highest BCUT2D eigenvalue weighted by atomic mass is 16.6. The molecule has 2 bridgehead atoms. The molecule has 0 spiro atoms. The van der Waals surface area contributed by atoms with Gasteiger partial charge in [-0.05, 0) is 51.4 Å². The summed E-state index contributed by atoms with van der Waals surface area (Å²) in [6.07, 6.45) is -1.17. The molecule has 1 saturated carbocycles. The van der Waals surface area contributed by atoms with E-state index in [1.807, 2.05) is 6.92 Å². The van der Waals surface area contributed by atoms with Crippen LogP contribution in [0, 0.1) is 23.7 Å². The fraction of sp³-hybridized carbons (Fsp3) is 0.864. The minimum absolute atomic E-state index is 0.0382. The Labute approximate surface area is 167 Å². The Morgan fingerprint density at radius 2 is 1.93 bits per heavy atom. The second-order valence-corrected chi connectivity index (χ2v) is 9.86. The molecular formula is C22H36O6. The minimum Gasteiger partial charge on any atom is -0.457 e. The molecule has 0 radical (unpaired) electrons. The SMILES string of the molecule is C=C1CC[C@H](C(C)C)[C@@H]2[C@H]1[C@@H]1O[C@H]2[C@](C)(OC(C)=O)CC[C@H](O)[C@@](C)(O)[C@H]1O. The van der Waals surface area contributed by atoms with E-state index in [1.165, 1.54) is 13.8 Å². The van der Waals surface area contributed by atoms with Crippen LogP contribution in [0.4, 0.5) is 0 Å². The van der Waals surface area contributed by atoms with Crippen molar-refractivity contribution in [2.45, 2.75) is 95.9 Å². The zero-order chi connectivity index (χ0) is 21.0. The van der Waals surface area contributed by atoms with Crippen molar-refractivity contribution in [3.8, 4) is 0 Å². The predicted octanol–water partition coefficient (Wildman–Crippen LogP) is 2.20. The highest BCUT2D eigenvalue weighted by Gasteiger charge is 2.62. The minimum atomic E-state index is -1.73. The fourth-order valence-corrected chi connectivity index (χ4v) is 5.88. The van der Waals surface area contributed by atoms with E-state index in [-0.39, 0.29) is 18.3 Å². The van der Waals surface area contributed by atoms with Crippen molar-refractivity contribution in [2.24, 2.45) is 23.7 Å². The molecule has 9 atom stereocenters. The first kappa shape index (κ1) is 21.8. The molecule has 160 valence electrons. The summed E-state index contributed by atoms with van der Waals surface area (Å²) in [5.41, 5.74) is -1.67. The number of carbonyl (C=O) groups is 1. The Hall–Kier alpha value is -0.950. The number of ether oxygens (including phenoxy) is 2. The summed E-state index contributed by atoms with van der Waals surface area (Å²) >= 11 is 0. The molecule has 6 heteroatoms. The van der Waals surface area contributed by atoms with Crippen molar-refractivity contribution in [2.75, 3.05) is 0 Å². The normalized spacial score (nSPS) is 49.2. The molecule has 0 aromatic carbocycles. The smallest absolute Gasteiger partial charge is 0.303 e. The van der Waals surface area contributed by atoms with Crippen molar-refractivity contribution in [1.29, 1.82) is 0 Å². The Balaban J connectivity index is 2.13. The van der Waals surface area contributed by atoms with Gasteiger partial charge in [0.1, 0.15) is 23.4 Å². The number of fused-ring (bicyclic) bond motifs is 5. The van der Waals surface area contributed by atoms with Gasteiger partial charge in [-0.25, -0.2) is 0 Å². The van der Waals surface area contributed by atoms with Gasteiger partial charge >= 0.3 is 5.97 Å². The summed E-state index contributed by atoms with van der Waals surface area (Å²) in [6.45, 7) is 13.3. The predicted molar refractivity (Wildman–Crippen MR) is 104 cm³/mol. The number of aliphatic hydroxyl groups excluding tert-OH is 2. The largest absolute Gasteiger partial charge is 0.457 e. The van der Waals surface area contributed by atoms with Crippen LogP contribution in [0.25, 0.3) is 0 Å². The topological polar surface area (TPSA) is 96.2 Å². The molecule has 2 heterocycles. The van der Waals surface area contributed by atoms with Crippen molar-refractivity contribution >= 4 is 5.97 Å².